The molecule has 0 aliphatic carbocycles. The summed E-state index contributed by atoms with van der Waals surface area (Å²) in [5.74, 6) is -1.69. The lowest BCUT2D eigenvalue weighted by Gasteiger charge is -2.26. The fourth-order valence-electron chi connectivity index (χ4n) is 3.52. The SMILES string of the molecule is Cc1ccccc1N1C(=O)C[C@@H]([C@]2(C)SC(c3ccccc3)=NC2=O)C1=O. The predicted octanol–water partition coefficient (Wildman–Crippen LogP) is 3.35. The van der Waals surface area contributed by atoms with Gasteiger partial charge in [0.2, 0.25) is 11.8 Å². The quantitative estimate of drug-likeness (QED) is 0.768. The average molecular weight is 378 g/mol. The molecule has 2 aliphatic heterocycles. The molecule has 0 saturated carbocycles. The van der Waals surface area contributed by atoms with Crippen molar-refractivity contribution < 1.29 is 14.4 Å². The Morgan fingerprint density at radius 1 is 1.04 bits per heavy atom. The fraction of sp³-hybridized carbons (Fsp3) is 0.238. The highest BCUT2D eigenvalue weighted by molar-refractivity contribution is 8.16. The monoisotopic (exact) mass is 378 g/mol. The van der Waals surface area contributed by atoms with Crippen LogP contribution < -0.4 is 4.90 Å². The maximum Gasteiger partial charge on any atom is 0.263 e. The molecule has 3 amide bonds. The molecule has 136 valence electrons. The van der Waals surface area contributed by atoms with Gasteiger partial charge in [-0.3, -0.25) is 14.4 Å². The van der Waals surface area contributed by atoms with Crippen LogP contribution in [0.15, 0.2) is 59.6 Å². The molecule has 2 aromatic rings. The normalized spacial score (nSPS) is 25.3. The molecule has 0 aromatic heterocycles. The van der Waals surface area contributed by atoms with Crippen LogP contribution in [0, 0.1) is 12.8 Å². The molecule has 6 heteroatoms. The maximum absolute atomic E-state index is 13.1. The number of anilines is 1. The molecule has 0 unspecified atom stereocenters. The molecule has 27 heavy (non-hydrogen) atoms. The van der Waals surface area contributed by atoms with Gasteiger partial charge in [-0.25, -0.2) is 9.89 Å². The van der Waals surface area contributed by atoms with Crippen molar-refractivity contribution in [2.75, 3.05) is 4.90 Å². The standard InChI is InChI=1S/C21H18N2O3S/c1-13-8-6-7-11-16(13)23-17(24)12-15(19(23)25)21(2)20(26)22-18(27-21)14-9-4-3-5-10-14/h3-11,15H,12H2,1-2H3/t15-,21+/m1/s1. The summed E-state index contributed by atoms with van der Waals surface area (Å²) < 4.78 is -1.07. The maximum atomic E-state index is 13.1. The number of aryl methyl sites for hydroxylation is 1. The van der Waals surface area contributed by atoms with Crippen molar-refractivity contribution >= 4 is 40.2 Å². The van der Waals surface area contributed by atoms with E-state index in [1.807, 2.05) is 49.4 Å². The third-order valence-electron chi connectivity index (χ3n) is 5.13. The Labute approximate surface area is 161 Å². The number of benzene rings is 2. The Hall–Kier alpha value is -2.73. The van der Waals surface area contributed by atoms with Crippen LogP contribution in [0.3, 0.4) is 0 Å². The molecular formula is C21H18N2O3S. The lowest BCUT2D eigenvalue weighted by molar-refractivity contribution is -0.127. The summed E-state index contributed by atoms with van der Waals surface area (Å²) in [5.41, 5.74) is 2.27. The predicted molar refractivity (Wildman–Crippen MR) is 106 cm³/mol. The van der Waals surface area contributed by atoms with E-state index < -0.39 is 10.7 Å². The number of nitrogens with zero attached hydrogens (tertiary/aromatic N) is 2. The number of hydrogen-bond donors (Lipinski definition) is 0. The summed E-state index contributed by atoms with van der Waals surface area (Å²) >= 11 is 1.28. The first kappa shape index (κ1) is 17.7. The smallest absolute Gasteiger partial charge is 0.263 e. The number of para-hydroxylation sites is 1. The van der Waals surface area contributed by atoms with E-state index in [1.165, 1.54) is 16.7 Å². The van der Waals surface area contributed by atoms with Gasteiger partial charge < -0.3 is 0 Å². The molecule has 0 radical (unpaired) electrons. The first-order valence-corrected chi connectivity index (χ1v) is 9.53. The van der Waals surface area contributed by atoms with Crippen LogP contribution >= 0.6 is 11.8 Å². The summed E-state index contributed by atoms with van der Waals surface area (Å²) in [6.45, 7) is 3.58. The van der Waals surface area contributed by atoms with Crippen molar-refractivity contribution in [2.45, 2.75) is 25.0 Å². The van der Waals surface area contributed by atoms with Crippen molar-refractivity contribution in [3.63, 3.8) is 0 Å². The Balaban J connectivity index is 1.65. The zero-order valence-electron chi connectivity index (χ0n) is 15.0. The molecule has 0 N–H and O–H groups in total. The first-order chi connectivity index (χ1) is 12.9. The zero-order valence-corrected chi connectivity index (χ0v) is 15.8. The van der Waals surface area contributed by atoms with Gasteiger partial charge in [0.1, 0.15) is 9.79 Å². The minimum absolute atomic E-state index is 0.0139. The number of carbonyl (C=O) groups excluding carboxylic acids is 3. The molecule has 2 aliphatic rings. The fourth-order valence-corrected chi connectivity index (χ4v) is 4.77. The summed E-state index contributed by atoms with van der Waals surface area (Å²) in [7, 11) is 0. The van der Waals surface area contributed by atoms with Gasteiger partial charge in [0.25, 0.3) is 5.91 Å². The summed E-state index contributed by atoms with van der Waals surface area (Å²) in [5, 5.41) is 0.595. The Morgan fingerprint density at radius 3 is 2.41 bits per heavy atom. The van der Waals surface area contributed by atoms with Gasteiger partial charge in [-0.15, -0.1) is 0 Å². The van der Waals surface area contributed by atoms with Crippen LogP contribution in [0.4, 0.5) is 5.69 Å². The van der Waals surface area contributed by atoms with Gasteiger partial charge in [-0.2, -0.15) is 0 Å². The largest absolute Gasteiger partial charge is 0.274 e. The van der Waals surface area contributed by atoms with Crippen LogP contribution in [0.5, 0.6) is 0 Å². The average Bonchev–Trinajstić information content (AvgIpc) is 3.13. The minimum atomic E-state index is -1.07. The molecule has 1 saturated heterocycles. The molecule has 2 atom stereocenters. The lowest BCUT2D eigenvalue weighted by Crippen LogP contribution is -2.42. The number of carbonyl (C=O) groups is 3. The van der Waals surface area contributed by atoms with E-state index in [2.05, 4.69) is 4.99 Å². The Kier molecular flexibility index (Phi) is 4.23. The third kappa shape index (κ3) is 2.80. The van der Waals surface area contributed by atoms with Crippen LogP contribution in [-0.4, -0.2) is 27.5 Å². The van der Waals surface area contributed by atoms with Crippen molar-refractivity contribution in [3.05, 3.63) is 65.7 Å². The van der Waals surface area contributed by atoms with Crippen molar-refractivity contribution in [3.8, 4) is 0 Å². The second-order valence-corrected chi connectivity index (χ2v) is 8.35. The highest BCUT2D eigenvalue weighted by atomic mass is 32.2. The van der Waals surface area contributed by atoms with Crippen LogP contribution in [0.1, 0.15) is 24.5 Å². The van der Waals surface area contributed by atoms with Gasteiger partial charge in [0, 0.05) is 12.0 Å². The summed E-state index contributed by atoms with van der Waals surface area (Å²) in [6.07, 6.45) is 0.0139. The molecule has 2 aromatic carbocycles. The van der Waals surface area contributed by atoms with Crippen LogP contribution in [-0.2, 0) is 14.4 Å². The Bertz CT molecular complexity index is 986. The number of aliphatic imine (C=N–C) groups is 1. The third-order valence-corrected chi connectivity index (χ3v) is 6.53. The number of thioether (sulfide) groups is 1. The van der Waals surface area contributed by atoms with E-state index in [1.54, 1.807) is 19.1 Å². The second kappa shape index (κ2) is 6.46. The van der Waals surface area contributed by atoms with Gasteiger partial charge >= 0.3 is 0 Å². The van der Waals surface area contributed by atoms with E-state index in [0.717, 1.165) is 11.1 Å². The number of rotatable bonds is 3. The number of imide groups is 1. The summed E-state index contributed by atoms with van der Waals surface area (Å²) in [4.78, 5) is 43.9. The molecule has 0 spiro atoms. The van der Waals surface area contributed by atoms with E-state index in [-0.39, 0.29) is 24.1 Å². The molecule has 0 bridgehead atoms. The van der Waals surface area contributed by atoms with Gasteiger partial charge in [0.15, 0.2) is 0 Å². The Morgan fingerprint density at radius 2 is 1.70 bits per heavy atom. The van der Waals surface area contributed by atoms with Crippen LogP contribution in [0.2, 0.25) is 0 Å². The van der Waals surface area contributed by atoms with Crippen LogP contribution in [0.25, 0.3) is 0 Å². The zero-order chi connectivity index (χ0) is 19.2. The van der Waals surface area contributed by atoms with Crippen molar-refractivity contribution in [1.29, 1.82) is 0 Å². The van der Waals surface area contributed by atoms with Gasteiger partial charge in [0.05, 0.1) is 11.6 Å². The first-order valence-electron chi connectivity index (χ1n) is 8.72. The highest BCUT2D eigenvalue weighted by Gasteiger charge is 2.56. The van der Waals surface area contributed by atoms with Crippen molar-refractivity contribution in [2.24, 2.45) is 10.9 Å². The van der Waals surface area contributed by atoms with E-state index in [0.29, 0.717) is 10.7 Å². The lowest BCUT2D eigenvalue weighted by atomic mass is 9.90. The highest BCUT2D eigenvalue weighted by Crippen LogP contribution is 2.46. The molecule has 5 nitrogen and oxygen atoms in total. The minimum Gasteiger partial charge on any atom is -0.274 e. The summed E-state index contributed by atoms with van der Waals surface area (Å²) in [6, 6.07) is 16.7. The molecular weight excluding hydrogens is 360 g/mol. The van der Waals surface area contributed by atoms with Crippen molar-refractivity contribution in [1.82, 2.24) is 0 Å². The van der Waals surface area contributed by atoms with Gasteiger partial charge in [-0.1, -0.05) is 60.3 Å². The van der Waals surface area contributed by atoms with E-state index in [4.69, 9.17) is 0 Å². The second-order valence-electron chi connectivity index (χ2n) is 6.91. The molecule has 4 rings (SSSR count). The van der Waals surface area contributed by atoms with E-state index >= 15 is 0 Å². The molecule has 2 heterocycles. The number of hydrogen-bond acceptors (Lipinski definition) is 4. The molecule has 1 fully saturated rings. The number of amides is 3. The topological polar surface area (TPSA) is 66.8 Å². The van der Waals surface area contributed by atoms with Gasteiger partial charge in [-0.05, 0) is 25.5 Å². The van der Waals surface area contributed by atoms with E-state index in [9.17, 15) is 14.4 Å².